The van der Waals surface area contributed by atoms with Crippen molar-refractivity contribution in [3.63, 3.8) is 0 Å². The van der Waals surface area contributed by atoms with Crippen LogP contribution in [0.4, 0.5) is 0 Å². The molecular formula is C11H21ClN2O3. The molecule has 1 atom stereocenters. The monoisotopic (exact) mass is 264 g/mol. The van der Waals surface area contributed by atoms with Gasteiger partial charge in [-0.3, -0.25) is 4.79 Å². The summed E-state index contributed by atoms with van der Waals surface area (Å²) in [6.07, 6.45) is 3.06. The van der Waals surface area contributed by atoms with Crippen LogP contribution in [-0.4, -0.2) is 38.1 Å². The van der Waals surface area contributed by atoms with E-state index in [1.807, 2.05) is 6.92 Å². The van der Waals surface area contributed by atoms with Crippen LogP contribution in [0.2, 0.25) is 0 Å². The molecule has 0 aromatic rings. The summed E-state index contributed by atoms with van der Waals surface area (Å²) in [5.41, 5.74) is 0. The van der Waals surface area contributed by atoms with Crippen molar-refractivity contribution < 1.29 is 14.3 Å². The van der Waals surface area contributed by atoms with Crippen molar-refractivity contribution in [2.24, 2.45) is 5.92 Å². The van der Waals surface area contributed by atoms with Crippen LogP contribution < -0.4 is 10.6 Å². The van der Waals surface area contributed by atoms with E-state index in [2.05, 4.69) is 15.4 Å². The van der Waals surface area contributed by atoms with Crippen molar-refractivity contribution >= 4 is 24.3 Å². The molecule has 6 heteroatoms. The van der Waals surface area contributed by atoms with Gasteiger partial charge in [0.2, 0.25) is 5.91 Å². The predicted molar refractivity (Wildman–Crippen MR) is 67.1 cm³/mol. The third-order valence-electron chi connectivity index (χ3n) is 2.64. The SMILES string of the molecule is CCC(NC(=O)CNCC1CC1)C(=O)OC.Cl. The first-order valence-electron chi connectivity index (χ1n) is 5.75. The van der Waals surface area contributed by atoms with Crippen LogP contribution in [0.5, 0.6) is 0 Å². The molecule has 0 aromatic heterocycles. The molecule has 1 amide bonds. The molecule has 1 rings (SSSR count). The quantitative estimate of drug-likeness (QED) is 0.656. The number of esters is 1. The van der Waals surface area contributed by atoms with Gasteiger partial charge in [-0.25, -0.2) is 4.79 Å². The predicted octanol–water partition coefficient (Wildman–Crippen LogP) is 0.476. The molecule has 100 valence electrons. The van der Waals surface area contributed by atoms with E-state index in [0.29, 0.717) is 6.42 Å². The van der Waals surface area contributed by atoms with Crippen molar-refractivity contribution in [1.82, 2.24) is 10.6 Å². The van der Waals surface area contributed by atoms with Crippen molar-refractivity contribution in [3.05, 3.63) is 0 Å². The van der Waals surface area contributed by atoms with Gasteiger partial charge in [0.25, 0.3) is 0 Å². The van der Waals surface area contributed by atoms with Crippen LogP contribution in [0.3, 0.4) is 0 Å². The minimum Gasteiger partial charge on any atom is -0.467 e. The molecule has 0 heterocycles. The number of ether oxygens (including phenoxy) is 1. The van der Waals surface area contributed by atoms with Gasteiger partial charge in [0.15, 0.2) is 0 Å². The van der Waals surface area contributed by atoms with Crippen LogP contribution >= 0.6 is 12.4 Å². The van der Waals surface area contributed by atoms with E-state index < -0.39 is 12.0 Å². The first-order chi connectivity index (χ1) is 7.67. The van der Waals surface area contributed by atoms with Gasteiger partial charge in [0, 0.05) is 0 Å². The molecule has 0 radical (unpaired) electrons. The second kappa shape index (κ2) is 8.31. The van der Waals surface area contributed by atoms with Crippen molar-refractivity contribution in [2.45, 2.75) is 32.2 Å². The molecule has 0 aliphatic heterocycles. The number of methoxy groups -OCH3 is 1. The molecule has 0 bridgehead atoms. The highest BCUT2D eigenvalue weighted by molar-refractivity contribution is 5.85. The van der Waals surface area contributed by atoms with Crippen LogP contribution in [0.15, 0.2) is 0 Å². The lowest BCUT2D eigenvalue weighted by Gasteiger charge is -2.14. The highest BCUT2D eigenvalue weighted by atomic mass is 35.5. The number of halogens is 1. The second-order valence-corrected chi connectivity index (χ2v) is 4.13. The Kier molecular flexibility index (Phi) is 7.91. The van der Waals surface area contributed by atoms with E-state index in [4.69, 9.17) is 0 Å². The van der Waals surface area contributed by atoms with Crippen LogP contribution in [0.25, 0.3) is 0 Å². The Balaban J connectivity index is 0.00000256. The molecule has 1 saturated carbocycles. The number of carbonyl (C=O) groups is 2. The number of hydrogen-bond acceptors (Lipinski definition) is 4. The molecule has 1 unspecified atom stereocenters. The van der Waals surface area contributed by atoms with E-state index in [1.165, 1.54) is 20.0 Å². The van der Waals surface area contributed by atoms with Gasteiger partial charge in [-0.2, -0.15) is 0 Å². The molecule has 17 heavy (non-hydrogen) atoms. The van der Waals surface area contributed by atoms with Crippen molar-refractivity contribution in [1.29, 1.82) is 0 Å². The van der Waals surface area contributed by atoms with E-state index in [0.717, 1.165) is 12.5 Å². The Morgan fingerprint density at radius 2 is 2.06 bits per heavy atom. The lowest BCUT2D eigenvalue weighted by molar-refractivity contribution is -0.145. The average Bonchev–Trinajstić information content (AvgIpc) is 3.08. The van der Waals surface area contributed by atoms with Gasteiger partial charge in [-0.15, -0.1) is 12.4 Å². The molecule has 1 aliphatic carbocycles. The zero-order valence-corrected chi connectivity index (χ0v) is 11.1. The molecule has 2 N–H and O–H groups in total. The average molecular weight is 265 g/mol. The Bertz CT molecular complexity index is 257. The lowest BCUT2D eigenvalue weighted by Crippen LogP contribution is -2.44. The standard InChI is InChI=1S/C11H20N2O3.ClH/c1-3-9(11(15)16-2)13-10(14)7-12-6-8-4-5-8;/h8-9,12H,3-7H2,1-2H3,(H,13,14);1H. The summed E-state index contributed by atoms with van der Waals surface area (Å²) in [5, 5.41) is 5.70. The van der Waals surface area contributed by atoms with Gasteiger partial charge in [0.05, 0.1) is 13.7 Å². The van der Waals surface area contributed by atoms with Crippen LogP contribution in [0.1, 0.15) is 26.2 Å². The fourth-order valence-corrected chi connectivity index (χ4v) is 1.43. The summed E-state index contributed by atoms with van der Waals surface area (Å²) in [6.45, 7) is 2.99. The molecule has 0 saturated heterocycles. The summed E-state index contributed by atoms with van der Waals surface area (Å²) in [7, 11) is 1.32. The highest BCUT2D eigenvalue weighted by Gasteiger charge is 2.22. The number of rotatable bonds is 7. The van der Waals surface area contributed by atoms with E-state index in [-0.39, 0.29) is 24.9 Å². The topological polar surface area (TPSA) is 67.4 Å². The fraction of sp³-hybridized carbons (Fsp3) is 0.818. The zero-order valence-electron chi connectivity index (χ0n) is 10.3. The van der Waals surface area contributed by atoms with Gasteiger partial charge in [-0.05, 0) is 31.7 Å². The smallest absolute Gasteiger partial charge is 0.328 e. The minimum atomic E-state index is -0.528. The Hall–Kier alpha value is -0.810. The Morgan fingerprint density at radius 1 is 1.41 bits per heavy atom. The maximum atomic E-state index is 11.5. The molecule has 0 spiro atoms. The largest absolute Gasteiger partial charge is 0.467 e. The number of carbonyl (C=O) groups excluding carboxylic acids is 2. The maximum Gasteiger partial charge on any atom is 0.328 e. The number of amides is 1. The zero-order chi connectivity index (χ0) is 12.0. The summed E-state index contributed by atoms with van der Waals surface area (Å²) in [6, 6.07) is -0.528. The fourth-order valence-electron chi connectivity index (χ4n) is 1.43. The summed E-state index contributed by atoms with van der Waals surface area (Å²) in [5.74, 6) is 0.200. The summed E-state index contributed by atoms with van der Waals surface area (Å²) in [4.78, 5) is 22.7. The molecule has 1 aliphatic rings. The number of hydrogen-bond donors (Lipinski definition) is 2. The third-order valence-corrected chi connectivity index (χ3v) is 2.64. The molecule has 1 fully saturated rings. The van der Waals surface area contributed by atoms with E-state index in [9.17, 15) is 9.59 Å². The third kappa shape index (κ3) is 6.48. The molecular weight excluding hydrogens is 244 g/mol. The van der Waals surface area contributed by atoms with E-state index >= 15 is 0 Å². The normalized spacial score (nSPS) is 15.6. The van der Waals surface area contributed by atoms with Gasteiger partial charge in [0.1, 0.15) is 6.04 Å². The lowest BCUT2D eigenvalue weighted by atomic mass is 10.2. The maximum absolute atomic E-state index is 11.5. The Labute approximate surface area is 108 Å². The molecule has 5 nitrogen and oxygen atoms in total. The van der Waals surface area contributed by atoms with Crippen molar-refractivity contribution in [2.75, 3.05) is 20.2 Å². The summed E-state index contributed by atoms with van der Waals surface area (Å²) < 4.78 is 4.58. The Morgan fingerprint density at radius 3 is 2.53 bits per heavy atom. The molecule has 0 aromatic carbocycles. The first-order valence-corrected chi connectivity index (χ1v) is 5.75. The second-order valence-electron chi connectivity index (χ2n) is 4.13. The van der Waals surface area contributed by atoms with Crippen LogP contribution in [0, 0.1) is 5.92 Å². The minimum absolute atomic E-state index is 0. The highest BCUT2D eigenvalue weighted by Crippen LogP contribution is 2.27. The summed E-state index contributed by atoms with van der Waals surface area (Å²) >= 11 is 0. The van der Waals surface area contributed by atoms with Crippen LogP contribution in [-0.2, 0) is 14.3 Å². The number of nitrogens with one attached hydrogen (secondary N) is 2. The van der Waals surface area contributed by atoms with Gasteiger partial charge >= 0.3 is 5.97 Å². The first kappa shape index (κ1) is 16.2. The van der Waals surface area contributed by atoms with E-state index in [1.54, 1.807) is 0 Å². The van der Waals surface area contributed by atoms with Gasteiger partial charge < -0.3 is 15.4 Å². The van der Waals surface area contributed by atoms with Crippen molar-refractivity contribution in [3.8, 4) is 0 Å². The van der Waals surface area contributed by atoms with Gasteiger partial charge in [-0.1, -0.05) is 6.92 Å².